The molecule has 0 amide bonds. The number of rotatable bonds is 7. The smallest absolute Gasteiger partial charge is 0.187 e. The highest BCUT2D eigenvalue weighted by Crippen LogP contribution is 2.25. The summed E-state index contributed by atoms with van der Waals surface area (Å²) in [6.45, 7) is 0. The van der Waals surface area contributed by atoms with Crippen LogP contribution in [0.1, 0.15) is 22.0 Å². The molecule has 30 heavy (non-hydrogen) atoms. The molecule has 0 spiro atoms. The summed E-state index contributed by atoms with van der Waals surface area (Å²) >= 11 is 11.9. The van der Waals surface area contributed by atoms with Crippen molar-refractivity contribution in [3.8, 4) is 11.5 Å². The molecule has 5 nitrogen and oxygen atoms in total. The van der Waals surface area contributed by atoms with E-state index in [0.29, 0.717) is 33.5 Å². The van der Waals surface area contributed by atoms with Crippen molar-refractivity contribution in [2.45, 2.75) is 12.5 Å². The lowest BCUT2D eigenvalue weighted by molar-refractivity contribution is 0.0916. The molecule has 3 aromatic carbocycles. The molecule has 0 saturated heterocycles. The summed E-state index contributed by atoms with van der Waals surface area (Å²) in [5.41, 5.74) is 1.55. The lowest BCUT2D eigenvalue weighted by atomic mass is 9.97. The minimum absolute atomic E-state index is 0.0616. The third-order valence-electron chi connectivity index (χ3n) is 4.59. The van der Waals surface area contributed by atoms with Crippen LogP contribution >= 0.6 is 23.2 Å². The molecule has 4 aromatic rings. The van der Waals surface area contributed by atoms with E-state index in [9.17, 15) is 4.79 Å². The number of nitrogens with zero attached hydrogens (tertiary/aromatic N) is 3. The average molecular weight is 438 g/mol. The van der Waals surface area contributed by atoms with E-state index in [-0.39, 0.29) is 5.78 Å². The highest BCUT2D eigenvalue weighted by Gasteiger charge is 2.23. The van der Waals surface area contributed by atoms with E-state index in [1.165, 1.54) is 6.33 Å². The summed E-state index contributed by atoms with van der Waals surface area (Å²) in [5.74, 6) is 1.24. The van der Waals surface area contributed by atoms with Gasteiger partial charge in [-0.15, -0.1) is 0 Å². The Labute approximate surface area is 183 Å². The summed E-state index contributed by atoms with van der Waals surface area (Å²) in [7, 11) is 0. The van der Waals surface area contributed by atoms with Gasteiger partial charge in [-0.3, -0.25) is 4.79 Å². The third-order valence-corrected chi connectivity index (χ3v) is 5.09. The van der Waals surface area contributed by atoms with Gasteiger partial charge in [0.1, 0.15) is 30.2 Å². The highest BCUT2D eigenvalue weighted by molar-refractivity contribution is 6.30. The molecule has 0 N–H and O–H groups in total. The number of ketones is 1. The second kappa shape index (κ2) is 9.11. The number of benzene rings is 3. The predicted molar refractivity (Wildman–Crippen MR) is 117 cm³/mol. The molecule has 1 aromatic heterocycles. The molecule has 1 atom stereocenters. The lowest BCUT2D eigenvalue weighted by Crippen LogP contribution is -2.22. The van der Waals surface area contributed by atoms with Crippen molar-refractivity contribution >= 4 is 29.0 Å². The zero-order valence-corrected chi connectivity index (χ0v) is 17.3. The van der Waals surface area contributed by atoms with Gasteiger partial charge < -0.3 is 4.74 Å². The van der Waals surface area contributed by atoms with Gasteiger partial charge in [-0.25, -0.2) is 9.67 Å². The standard InChI is InChI=1S/C23H17Cl2N3O2/c24-18-5-1-16(2-6-18)13-22(28-15-26-14-27-28)23(29)17-3-9-20(10-4-17)30-21-11-7-19(25)8-12-21/h1-12,14-15,22H,13H2. The summed E-state index contributed by atoms with van der Waals surface area (Å²) in [5, 5.41) is 5.47. The van der Waals surface area contributed by atoms with Gasteiger partial charge in [0.2, 0.25) is 0 Å². The van der Waals surface area contributed by atoms with Gasteiger partial charge in [0, 0.05) is 22.0 Å². The first-order valence-corrected chi connectivity index (χ1v) is 10.0. The molecule has 0 bridgehead atoms. The maximum Gasteiger partial charge on any atom is 0.187 e. The summed E-state index contributed by atoms with van der Waals surface area (Å²) in [4.78, 5) is 17.2. The third kappa shape index (κ3) is 4.87. The highest BCUT2D eigenvalue weighted by atomic mass is 35.5. The molecule has 4 rings (SSSR count). The van der Waals surface area contributed by atoms with Crippen molar-refractivity contribution in [1.29, 1.82) is 0 Å². The Kier molecular flexibility index (Phi) is 6.12. The van der Waals surface area contributed by atoms with Crippen LogP contribution in [-0.2, 0) is 6.42 Å². The van der Waals surface area contributed by atoms with E-state index in [2.05, 4.69) is 10.1 Å². The molecule has 0 aliphatic heterocycles. The number of halogens is 2. The Balaban J connectivity index is 1.53. The lowest BCUT2D eigenvalue weighted by Gasteiger charge is -2.16. The van der Waals surface area contributed by atoms with Crippen molar-refractivity contribution in [3.63, 3.8) is 0 Å². The SMILES string of the molecule is O=C(c1ccc(Oc2ccc(Cl)cc2)cc1)C(Cc1ccc(Cl)cc1)n1cncn1. The number of aromatic nitrogens is 3. The molecule has 0 fully saturated rings. The zero-order chi connectivity index (χ0) is 20.9. The van der Waals surface area contributed by atoms with Crippen LogP contribution in [0.2, 0.25) is 10.0 Å². The van der Waals surface area contributed by atoms with Crippen molar-refractivity contribution in [1.82, 2.24) is 14.8 Å². The molecule has 1 heterocycles. The summed E-state index contributed by atoms with van der Waals surface area (Å²) < 4.78 is 7.38. The molecular formula is C23H17Cl2N3O2. The number of Topliss-reactive ketones (excluding diaryl/α,β-unsaturated/α-hetero) is 1. The number of hydrogen-bond donors (Lipinski definition) is 0. The number of ether oxygens (including phenoxy) is 1. The van der Waals surface area contributed by atoms with Crippen molar-refractivity contribution in [2.24, 2.45) is 0 Å². The van der Waals surface area contributed by atoms with Gasteiger partial charge in [0.15, 0.2) is 5.78 Å². The largest absolute Gasteiger partial charge is 0.457 e. The molecule has 0 saturated carbocycles. The van der Waals surface area contributed by atoms with E-state index < -0.39 is 6.04 Å². The fraction of sp³-hybridized carbons (Fsp3) is 0.0870. The van der Waals surface area contributed by atoms with Crippen LogP contribution in [-0.4, -0.2) is 20.5 Å². The monoisotopic (exact) mass is 437 g/mol. The molecule has 150 valence electrons. The maximum absolute atomic E-state index is 13.3. The molecule has 1 unspecified atom stereocenters. The number of carbonyl (C=O) groups is 1. The van der Waals surface area contributed by atoms with Gasteiger partial charge in [-0.05, 0) is 66.2 Å². The maximum atomic E-state index is 13.3. The Hall–Kier alpha value is -3.15. The van der Waals surface area contributed by atoms with E-state index in [0.717, 1.165) is 5.56 Å². The zero-order valence-electron chi connectivity index (χ0n) is 15.8. The first-order chi connectivity index (χ1) is 14.6. The topological polar surface area (TPSA) is 57.0 Å². The van der Waals surface area contributed by atoms with Crippen molar-refractivity contribution < 1.29 is 9.53 Å². The fourth-order valence-electron chi connectivity index (χ4n) is 3.05. The fourth-order valence-corrected chi connectivity index (χ4v) is 3.30. The first-order valence-electron chi connectivity index (χ1n) is 9.25. The second-order valence-electron chi connectivity index (χ2n) is 6.67. The van der Waals surface area contributed by atoms with Gasteiger partial charge in [-0.2, -0.15) is 5.10 Å². The van der Waals surface area contributed by atoms with Crippen LogP contribution in [0.4, 0.5) is 0 Å². The number of hydrogen-bond acceptors (Lipinski definition) is 4. The van der Waals surface area contributed by atoms with Crippen LogP contribution in [0.15, 0.2) is 85.5 Å². The first kappa shape index (κ1) is 20.1. The average Bonchev–Trinajstić information content (AvgIpc) is 3.30. The second-order valence-corrected chi connectivity index (χ2v) is 7.54. The Morgan fingerprint density at radius 1 is 0.867 bits per heavy atom. The Morgan fingerprint density at radius 3 is 2.00 bits per heavy atom. The molecule has 7 heteroatoms. The summed E-state index contributed by atoms with van der Waals surface area (Å²) in [6, 6.07) is 21.0. The van der Waals surface area contributed by atoms with Crippen LogP contribution < -0.4 is 4.74 Å². The van der Waals surface area contributed by atoms with Crippen LogP contribution in [0, 0.1) is 0 Å². The normalized spacial score (nSPS) is 11.8. The predicted octanol–water partition coefficient (Wildman–Crippen LogP) is 6.04. The van der Waals surface area contributed by atoms with Gasteiger partial charge in [-0.1, -0.05) is 35.3 Å². The van der Waals surface area contributed by atoms with E-state index in [4.69, 9.17) is 27.9 Å². The molecule has 0 aliphatic carbocycles. The van der Waals surface area contributed by atoms with Crippen LogP contribution in [0.3, 0.4) is 0 Å². The Morgan fingerprint density at radius 2 is 1.43 bits per heavy atom. The van der Waals surface area contributed by atoms with Gasteiger partial charge in [0.05, 0.1) is 0 Å². The van der Waals surface area contributed by atoms with Gasteiger partial charge in [0.25, 0.3) is 0 Å². The summed E-state index contributed by atoms with van der Waals surface area (Å²) in [6.07, 6.45) is 3.45. The van der Waals surface area contributed by atoms with E-state index in [1.807, 2.05) is 24.3 Å². The minimum Gasteiger partial charge on any atom is -0.457 e. The number of carbonyl (C=O) groups excluding carboxylic acids is 1. The molecule has 0 radical (unpaired) electrons. The quantitative estimate of drug-likeness (QED) is 0.330. The van der Waals surface area contributed by atoms with Gasteiger partial charge >= 0.3 is 0 Å². The minimum atomic E-state index is -0.517. The molecule has 0 aliphatic rings. The van der Waals surface area contributed by atoms with E-state index in [1.54, 1.807) is 59.5 Å². The van der Waals surface area contributed by atoms with Crippen molar-refractivity contribution in [3.05, 3.63) is 107 Å². The van der Waals surface area contributed by atoms with Crippen molar-refractivity contribution in [2.75, 3.05) is 0 Å². The molecular weight excluding hydrogens is 421 g/mol. The van der Waals surface area contributed by atoms with E-state index >= 15 is 0 Å². The van der Waals surface area contributed by atoms with Crippen LogP contribution in [0.5, 0.6) is 11.5 Å². The Bertz CT molecular complexity index is 1110. The van der Waals surface area contributed by atoms with Crippen LogP contribution in [0.25, 0.3) is 0 Å².